The molecule has 1 aromatic carbocycles. The van der Waals surface area contributed by atoms with Crippen LogP contribution in [0.15, 0.2) is 30.5 Å². The van der Waals surface area contributed by atoms with Crippen LogP contribution in [-0.4, -0.2) is 40.8 Å². The summed E-state index contributed by atoms with van der Waals surface area (Å²) in [4.78, 5) is 12.9. The normalized spacial score (nSPS) is 19.0. The number of hydrogen-bond donors (Lipinski definition) is 3. The lowest BCUT2D eigenvalue weighted by molar-refractivity contribution is -0.0498. The van der Waals surface area contributed by atoms with Crippen molar-refractivity contribution in [3.05, 3.63) is 30.5 Å². The summed E-state index contributed by atoms with van der Waals surface area (Å²) in [5.41, 5.74) is 1.25. The Kier molecular flexibility index (Phi) is 5.97. The van der Waals surface area contributed by atoms with Gasteiger partial charge in [0.25, 0.3) is 0 Å². The van der Waals surface area contributed by atoms with Gasteiger partial charge in [-0.3, -0.25) is 15.7 Å². The molecule has 1 atom stereocenters. The molecule has 10 heteroatoms. The number of alkyl halides is 2. The van der Waals surface area contributed by atoms with E-state index < -0.39 is 6.61 Å². The lowest BCUT2D eigenvalue weighted by atomic mass is 10.0. The Hall–Kier alpha value is -3.30. The highest BCUT2D eigenvalue weighted by Gasteiger charge is 2.40. The maximum atomic E-state index is 12.3. The summed E-state index contributed by atoms with van der Waals surface area (Å²) < 4.78 is 29.1. The number of fused-ring (bicyclic) bond motifs is 1. The topological polar surface area (TPSA) is 101 Å². The van der Waals surface area contributed by atoms with Crippen molar-refractivity contribution in [2.75, 3.05) is 15.1 Å². The molecule has 164 valence electrons. The van der Waals surface area contributed by atoms with E-state index in [0.717, 1.165) is 38.4 Å². The second-order valence-corrected chi connectivity index (χ2v) is 7.58. The predicted octanol–water partition coefficient (Wildman–Crippen LogP) is 4.75. The van der Waals surface area contributed by atoms with E-state index >= 15 is 0 Å². The molecule has 0 spiro atoms. The Morgan fingerprint density at radius 2 is 1.97 bits per heavy atom. The number of benzene rings is 1. The maximum absolute atomic E-state index is 12.3. The van der Waals surface area contributed by atoms with E-state index in [1.807, 2.05) is 6.92 Å². The molecule has 1 aliphatic carbocycles. The van der Waals surface area contributed by atoms with Crippen LogP contribution in [0.4, 0.5) is 31.9 Å². The van der Waals surface area contributed by atoms with Crippen molar-refractivity contribution in [2.24, 2.45) is 0 Å². The average molecular weight is 429 g/mol. The van der Waals surface area contributed by atoms with Crippen LogP contribution < -0.4 is 19.9 Å². The first-order chi connectivity index (χ1) is 15.0. The molecule has 0 unspecified atom stereocenters. The third-order valence-corrected chi connectivity index (χ3v) is 5.73. The van der Waals surface area contributed by atoms with Crippen LogP contribution in [0.2, 0.25) is 0 Å². The summed E-state index contributed by atoms with van der Waals surface area (Å²) in [5, 5.41) is 19.5. The van der Waals surface area contributed by atoms with Crippen molar-refractivity contribution < 1.29 is 13.5 Å². The first kappa shape index (κ1) is 21.0. The van der Waals surface area contributed by atoms with E-state index in [1.165, 1.54) is 17.0 Å². The fourth-order valence-corrected chi connectivity index (χ4v) is 4.34. The molecule has 1 aliphatic heterocycles. The largest absolute Gasteiger partial charge is 0.435 e. The molecular formula is C21H25F2N7O. The highest BCUT2D eigenvalue weighted by Crippen LogP contribution is 2.40. The van der Waals surface area contributed by atoms with Gasteiger partial charge in [-0.1, -0.05) is 19.8 Å². The van der Waals surface area contributed by atoms with Crippen LogP contribution in [0, 0.1) is 10.8 Å². The molecule has 3 N–H and O–H groups in total. The third-order valence-electron chi connectivity index (χ3n) is 5.73. The van der Waals surface area contributed by atoms with Gasteiger partial charge in [0.05, 0.1) is 18.6 Å². The van der Waals surface area contributed by atoms with Gasteiger partial charge in [0.15, 0.2) is 5.82 Å². The molecule has 2 aliphatic rings. The molecule has 4 rings (SSSR count). The van der Waals surface area contributed by atoms with E-state index in [0.29, 0.717) is 35.0 Å². The summed E-state index contributed by atoms with van der Waals surface area (Å²) in [6, 6.07) is 6.26. The smallest absolute Gasteiger partial charge is 0.387 e. The van der Waals surface area contributed by atoms with Crippen molar-refractivity contribution in [1.82, 2.24) is 9.97 Å². The van der Waals surface area contributed by atoms with Crippen LogP contribution >= 0.6 is 0 Å². The number of hydrogen-bond acceptors (Lipinski definition) is 7. The average Bonchev–Trinajstić information content (AvgIpc) is 3.28. The van der Waals surface area contributed by atoms with Crippen LogP contribution in [0.5, 0.6) is 5.75 Å². The molecule has 2 heterocycles. The highest BCUT2D eigenvalue weighted by molar-refractivity contribution is 6.16. The number of amidine groups is 1. The second-order valence-electron chi connectivity index (χ2n) is 7.58. The zero-order valence-corrected chi connectivity index (χ0v) is 17.2. The molecule has 8 nitrogen and oxygen atoms in total. The predicted molar refractivity (Wildman–Crippen MR) is 116 cm³/mol. The van der Waals surface area contributed by atoms with Crippen molar-refractivity contribution >= 4 is 35.3 Å². The van der Waals surface area contributed by atoms with E-state index in [-0.39, 0.29) is 11.8 Å². The molecule has 1 fully saturated rings. The first-order valence-electron chi connectivity index (χ1n) is 10.4. The minimum Gasteiger partial charge on any atom is -0.435 e. The van der Waals surface area contributed by atoms with Crippen LogP contribution in [0.1, 0.15) is 39.0 Å². The molecular weight excluding hydrogens is 404 g/mol. The summed E-state index contributed by atoms with van der Waals surface area (Å²) in [6.07, 6.45) is 7.88. The van der Waals surface area contributed by atoms with Gasteiger partial charge in [0, 0.05) is 11.7 Å². The number of halogens is 2. The summed E-state index contributed by atoms with van der Waals surface area (Å²) in [7, 11) is 0. The van der Waals surface area contributed by atoms with Crippen molar-refractivity contribution in [1.29, 1.82) is 10.8 Å². The minimum atomic E-state index is -2.87. The van der Waals surface area contributed by atoms with Gasteiger partial charge in [0.1, 0.15) is 17.3 Å². The maximum Gasteiger partial charge on any atom is 0.387 e. The Morgan fingerprint density at radius 3 is 2.58 bits per heavy atom. The number of ether oxygens (including phenoxy) is 1. The van der Waals surface area contributed by atoms with Crippen LogP contribution in [0.25, 0.3) is 0 Å². The van der Waals surface area contributed by atoms with Crippen molar-refractivity contribution in [3.8, 4) is 5.75 Å². The fourth-order valence-electron chi connectivity index (χ4n) is 4.34. The van der Waals surface area contributed by atoms with Gasteiger partial charge < -0.3 is 15.0 Å². The molecule has 2 aromatic rings. The Bertz CT molecular complexity index is 947. The minimum absolute atomic E-state index is 0.0743. The van der Waals surface area contributed by atoms with Crippen molar-refractivity contribution in [2.45, 2.75) is 57.7 Å². The first-order valence-corrected chi connectivity index (χ1v) is 10.4. The Morgan fingerprint density at radius 1 is 1.26 bits per heavy atom. The van der Waals surface area contributed by atoms with Crippen LogP contribution in [0.3, 0.4) is 0 Å². The molecule has 0 amide bonds. The van der Waals surface area contributed by atoms with Gasteiger partial charge in [-0.05, 0) is 43.5 Å². The van der Waals surface area contributed by atoms with Crippen molar-refractivity contribution in [3.63, 3.8) is 0 Å². The molecule has 1 aromatic heterocycles. The number of aromatic nitrogens is 2. The number of anilines is 4. The van der Waals surface area contributed by atoms with Gasteiger partial charge in [-0.25, -0.2) is 4.98 Å². The zero-order valence-electron chi connectivity index (χ0n) is 17.2. The fraction of sp³-hybridized carbons (Fsp3) is 0.429. The van der Waals surface area contributed by atoms with E-state index in [2.05, 4.69) is 19.9 Å². The molecule has 0 saturated heterocycles. The second kappa shape index (κ2) is 8.83. The Labute approximate surface area is 179 Å². The number of nitrogens with one attached hydrogen (secondary N) is 3. The zero-order chi connectivity index (χ0) is 22.0. The Balaban J connectivity index is 1.66. The van der Waals surface area contributed by atoms with Gasteiger partial charge in [0.2, 0.25) is 5.95 Å². The summed E-state index contributed by atoms with van der Waals surface area (Å²) in [5.74, 6) is 1.49. The van der Waals surface area contributed by atoms with E-state index in [4.69, 9.17) is 15.8 Å². The van der Waals surface area contributed by atoms with Crippen LogP contribution in [-0.2, 0) is 0 Å². The number of nitrogens with zero attached hydrogens (tertiary/aromatic N) is 4. The standard InChI is InChI=1S/C21H25F2N7O/c1-2-16-18(25)29(12-24)17-11-26-21(28-19(17)30(16)14-5-3-4-6-14)27-13-7-9-15(10-8-13)31-20(22)23/h7-12,14,16,20,24-25H,2-6H2,1H3,(H,26,27,28)/t16-/m1/s1. The third kappa shape index (κ3) is 4.14. The van der Waals surface area contributed by atoms with E-state index in [1.54, 1.807) is 18.3 Å². The monoisotopic (exact) mass is 429 g/mol. The van der Waals surface area contributed by atoms with Gasteiger partial charge >= 0.3 is 6.61 Å². The van der Waals surface area contributed by atoms with E-state index in [9.17, 15) is 8.78 Å². The molecule has 1 saturated carbocycles. The highest BCUT2D eigenvalue weighted by atomic mass is 19.3. The molecule has 0 radical (unpaired) electrons. The van der Waals surface area contributed by atoms with Gasteiger partial charge in [-0.2, -0.15) is 13.8 Å². The summed E-state index contributed by atoms with van der Waals surface area (Å²) in [6.45, 7) is -0.830. The summed E-state index contributed by atoms with van der Waals surface area (Å²) >= 11 is 0. The lowest BCUT2D eigenvalue weighted by Crippen LogP contribution is -2.56. The molecule has 31 heavy (non-hydrogen) atoms. The SMILES string of the molecule is CC[C@@H]1C(=N)N(C=N)c2cnc(Nc3ccc(OC(F)F)cc3)nc2N1C1CCCC1. The number of rotatable bonds is 7. The van der Waals surface area contributed by atoms with Gasteiger partial charge in [-0.15, -0.1) is 0 Å². The molecule has 0 bridgehead atoms. The lowest BCUT2D eigenvalue weighted by Gasteiger charge is -2.44. The quantitative estimate of drug-likeness (QED) is 0.434.